The summed E-state index contributed by atoms with van der Waals surface area (Å²) < 4.78 is 5.55. The summed E-state index contributed by atoms with van der Waals surface area (Å²) in [6.45, 7) is 1.39. The summed E-state index contributed by atoms with van der Waals surface area (Å²) in [5, 5.41) is 7.57. The van der Waals surface area contributed by atoms with Crippen LogP contribution >= 0.6 is 11.9 Å². The molecule has 0 amide bonds. The van der Waals surface area contributed by atoms with Crippen molar-refractivity contribution in [1.29, 1.82) is 0 Å². The van der Waals surface area contributed by atoms with Crippen LogP contribution in [0.15, 0.2) is 45.7 Å². The summed E-state index contributed by atoms with van der Waals surface area (Å²) in [6.07, 6.45) is 0.881. The molecule has 0 aliphatic carbocycles. The molecule has 0 atom stereocenters. The van der Waals surface area contributed by atoms with E-state index in [4.69, 9.17) is 4.74 Å². The molecule has 90 valence electrons. The molecule has 1 aromatic rings. The van der Waals surface area contributed by atoms with Crippen molar-refractivity contribution in [2.24, 2.45) is 15.3 Å². The van der Waals surface area contributed by atoms with E-state index in [1.165, 1.54) is 11.9 Å². The fourth-order valence-electron chi connectivity index (χ4n) is 1.29. The third-order valence-corrected chi connectivity index (χ3v) is 2.69. The number of hydrogen-bond acceptors (Lipinski definition) is 5. The molecule has 0 spiro atoms. The van der Waals surface area contributed by atoms with E-state index < -0.39 is 0 Å². The van der Waals surface area contributed by atoms with E-state index in [0.717, 1.165) is 30.3 Å². The Hall–Kier alpha value is -1.56. The Morgan fingerprint density at radius 2 is 2.24 bits per heavy atom. The average molecular weight is 250 g/mol. The summed E-state index contributed by atoms with van der Waals surface area (Å²) in [4.78, 5) is 7.04. The van der Waals surface area contributed by atoms with Crippen molar-refractivity contribution in [3.05, 3.63) is 30.3 Å². The molecule has 1 N–H and O–H groups in total. The number of nitrogens with one attached hydrogen (secondary N) is 1. The molecule has 0 saturated heterocycles. The zero-order chi connectivity index (χ0) is 11.8. The number of benzene rings is 1. The highest BCUT2D eigenvalue weighted by atomic mass is 32.2. The van der Waals surface area contributed by atoms with Crippen LogP contribution in [0, 0.1) is 0 Å². The lowest BCUT2D eigenvalue weighted by Gasteiger charge is -2.06. The van der Waals surface area contributed by atoms with E-state index in [0.29, 0.717) is 6.61 Å². The minimum absolute atomic E-state index is 0.670. The molecule has 0 bridgehead atoms. The summed E-state index contributed by atoms with van der Waals surface area (Å²) in [5.74, 6) is 2.45. The summed E-state index contributed by atoms with van der Waals surface area (Å²) >= 11 is 1.49. The Morgan fingerprint density at radius 3 is 3.00 bits per heavy atom. The van der Waals surface area contributed by atoms with Gasteiger partial charge in [0, 0.05) is 13.0 Å². The van der Waals surface area contributed by atoms with Gasteiger partial charge in [0.05, 0.1) is 12.4 Å². The molecule has 1 aliphatic heterocycles. The van der Waals surface area contributed by atoms with Gasteiger partial charge in [-0.25, -0.2) is 4.83 Å². The predicted octanol–water partition coefficient (Wildman–Crippen LogP) is 2.47. The fraction of sp³-hybridized carbons (Fsp3) is 0.364. The predicted molar refractivity (Wildman–Crippen MR) is 69.3 cm³/mol. The van der Waals surface area contributed by atoms with Crippen LogP contribution in [0.5, 0.6) is 5.75 Å². The molecule has 0 aromatic heterocycles. The first kappa shape index (κ1) is 11.9. The van der Waals surface area contributed by atoms with Crippen molar-refractivity contribution in [2.45, 2.75) is 6.42 Å². The molecule has 1 aliphatic rings. The van der Waals surface area contributed by atoms with Gasteiger partial charge in [-0.1, -0.05) is 23.4 Å². The second-order valence-electron chi connectivity index (χ2n) is 3.39. The van der Waals surface area contributed by atoms with E-state index in [1.807, 2.05) is 30.3 Å². The molecule has 0 saturated carbocycles. The third-order valence-electron chi connectivity index (χ3n) is 2.08. The summed E-state index contributed by atoms with van der Waals surface area (Å²) in [5.41, 5.74) is 0. The minimum atomic E-state index is 0.670. The van der Waals surface area contributed by atoms with Crippen LogP contribution in [0.4, 0.5) is 0 Å². The first-order chi connectivity index (χ1) is 8.45. The molecular weight excluding hydrogens is 236 g/mol. The van der Waals surface area contributed by atoms with Crippen LogP contribution in [0.3, 0.4) is 0 Å². The first-order valence-electron chi connectivity index (χ1n) is 5.44. The highest BCUT2D eigenvalue weighted by Crippen LogP contribution is 2.08. The Kier molecular flexibility index (Phi) is 4.84. The monoisotopic (exact) mass is 250 g/mol. The van der Waals surface area contributed by atoms with E-state index >= 15 is 0 Å². The quantitative estimate of drug-likeness (QED) is 0.645. The maximum Gasteiger partial charge on any atom is 0.159 e. The van der Waals surface area contributed by atoms with Crippen LogP contribution in [0.25, 0.3) is 0 Å². The van der Waals surface area contributed by atoms with E-state index in [2.05, 4.69) is 20.2 Å². The number of rotatable bonds is 5. The second-order valence-corrected chi connectivity index (χ2v) is 4.15. The van der Waals surface area contributed by atoms with E-state index in [1.54, 1.807) is 0 Å². The number of amidine groups is 1. The molecule has 0 fully saturated rings. The first-order valence-corrected chi connectivity index (χ1v) is 6.42. The van der Waals surface area contributed by atoms with Gasteiger partial charge in [0.25, 0.3) is 0 Å². The van der Waals surface area contributed by atoms with Crippen molar-refractivity contribution in [1.82, 2.24) is 4.83 Å². The third kappa shape index (κ3) is 4.44. The van der Waals surface area contributed by atoms with E-state index in [9.17, 15) is 0 Å². The molecule has 2 rings (SSSR count). The number of ether oxygens (including phenoxy) is 1. The Morgan fingerprint density at radius 1 is 1.35 bits per heavy atom. The lowest BCUT2D eigenvalue weighted by Crippen LogP contribution is -2.10. The lowest BCUT2D eigenvalue weighted by molar-refractivity contribution is 0.313. The van der Waals surface area contributed by atoms with Gasteiger partial charge in [-0.15, -0.1) is 5.11 Å². The van der Waals surface area contributed by atoms with Crippen molar-refractivity contribution in [3.63, 3.8) is 0 Å². The zero-order valence-electron chi connectivity index (χ0n) is 9.37. The molecule has 17 heavy (non-hydrogen) atoms. The van der Waals surface area contributed by atoms with Gasteiger partial charge in [-0.2, -0.15) is 0 Å². The molecule has 6 heteroatoms. The molecule has 0 radical (unpaired) electrons. The molecule has 5 nitrogen and oxygen atoms in total. The van der Waals surface area contributed by atoms with Crippen molar-refractivity contribution in [3.8, 4) is 5.75 Å². The minimum Gasteiger partial charge on any atom is -0.494 e. The van der Waals surface area contributed by atoms with Gasteiger partial charge >= 0.3 is 0 Å². The van der Waals surface area contributed by atoms with Crippen LogP contribution in [-0.4, -0.2) is 24.7 Å². The van der Waals surface area contributed by atoms with Gasteiger partial charge < -0.3 is 4.74 Å². The highest BCUT2D eigenvalue weighted by Gasteiger charge is 2.02. The smallest absolute Gasteiger partial charge is 0.159 e. The van der Waals surface area contributed by atoms with Gasteiger partial charge in [-0.3, -0.25) is 4.99 Å². The largest absolute Gasteiger partial charge is 0.494 e. The SMILES string of the molecule is c1ccc(OCCCN=C2CSNN=N2)cc1. The van der Waals surface area contributed by atoms with E-state index in [-0.39, 0.29) is 0 Å². The van der Waals surface area contributed by atoms with Crippen molar-refractivity contribution in [2.75, 3.05) is 18.9 Å². The number of nitrogens with zero attached hydrogens (tertiary/aromatic N) is 3. The van der Waals surface area contributed by atoms with Crippen molar-refractivity contribution >= 4 is 17.8 Å². The molecular formula is C11H14N4OS. The number of aliphatic imine (C=N–C) groups is 1. The van der Waals surface area contributed by atoms with Crippen LogP contribution in [-0.2, 0) is 0 Å². The van der Waals surface area contributed by atoms with Crippen LogP contribution in [0.2, 0.25) is 0 Å². The van der Waals surface area contributed by atoms with Gasteiger partial charge in [0.2, 0.25) is 0 Å². The topological polar surface area (TPSA) is 58.3 Å². The average Bonchev–Trinajstić information content (AvgIpc) is 2.41. The van der Waals surface area contributed by atoms with Gasteiger partial charge in [0.15, 0.2) is 5.84 Å². The van der Waals surface area contributed by atoms with Crippen LogP contribution in [0.1, 0.15) is 6.42 Å². The van der Waals surface area contributed by atoms with Gasteiger partial charge in [0.1, 0.15) is 5.75 Å². The number of hydrogen-bond donors (Lipinski definition) is 1. The Labute approximate surface area is 104 Å². The zero-order valence-corrected chi connectivity index (χ0v) is 10.2. The molecule has 0 unspecified atom stereocenters. The molecule has 1 aromatic carbocycles. The number of para-hydroxylation sites is 1. The standard InChI is InChI=1S/C11H14N4OS/c1-2-5-10(6-3-1)16-8-4-7-12-11-9-17-15-14-13-11/h1-3,5-6H,4,7-9H2,(H,12,13,15). The summed E-state index contributed by atoms with van der Waals surface area (Å²) in [6, 6.07) is 9.79. The fourth-order valence-corrected chi connectivity index (χ4v) is 1.73. The Balaban J connectivity index is 1.63. The van der Waals surface area contributed by atoms with Crippen LogP contribution < -0.4 is 9.57 Å². The maximum absolute atomic E-state index is 5.55. The normalized spacial score (nSPS) is 16.8. The maximum atomic E-state index is 5.55. The van der Waals surface area contributed by atoms with Gasteiger partial charge in [-0.05, 0) is 24.1 Å². The second kappa shape index (κ2) is 6.90. The van der Waals surface area contributed by atoms with Crippen molar-refractivity contribution < 1.29 is 4.74 Å². The Bertz CT molecular complexity index is 394. The highest BCUT2D eigenvalue weighted by molar-refractivity contribution is 7.98. The summed E-state index contributed by atoms with van der Waals surface area (Å²) in [7, 11) is 0. The molecule has 1 heterocycles. The lowest BCUT2D eigenvalue weighted by atomic mass is 10.3.